The van der Waals surface area contributed by atoms with Gasteiger partial charge in [-0.3, -0.25) is 9.69 Å². The minimum absolute atomic E-state index is 0.135. The van der Waals surface area contributed by atoms with E-state index in [2.05, 4.69) is 15.1 Å². The zero-order chi connectivity index (χ0) is 16.2. The van der Waals surface area contributed by atoms with Crippen molar-refractivity contribution in [2.45, 2.75) is 20.3 Å². The Bertz CT molecular complexity index is 675. The summed E-state index contributed by atoms with van der Waals surface area (Å²) in [5, 5.41) is 7.85. The van der Waals surface area contributed by atoms with Crippen LogP contribution in [-0.2, 0) is 6.42 Å². The molecule has 0 unspecified atom stereocenters. The van der Waals surface area contributed by atoms with Crippen molar-refractivity contribution in [2.75, 3.05) is 32.7 Å². The van der Waals surface area contributed by atoms with Crippen molar-refractivity contribution in [1.29, 1.82) is 0 Å². The lowest BCUT2D eigenvalue weighted by Gasteiger charge is -2.34. The monoisotopic (exact) mass is 314 g/mol. The Morgan fingerprint density at radius 1 is 1.13 bits per heavy atom. The first-order valence-electron chi connectivity index (χ1n) is 8.00. The van der Waals surface area contributed by atoms with Gasteiger partial charge in [-0.25, -0.2) is 0 Å². The van der Waals surface area contributed by atoms with Gasteiger partial charge >= 0.3 is 0 Å². The summed E-state index contributed by atoms with van der Waals surface area (Å²) in [6.07, 6.45) is 0.757. The molecule has 6 nitrogen and oxygen atoms in total. The first kappa shape index (κ1) is 15.7. The molecule has 1 aromatic carbocycles. The summed E-state index contributed by atoms with van der Waals surface area (Å²) in [6.45, 7) is 7.94. The van der Waals surface area contributed by atoms with E-state index in [0.29, 0.717) is 11.8 Å². The molecule has 0 saturated carbocycles. The number of benzene rings is 1. The molecule has 1 amide bonds. The molecule has 0 bridgehead atoms. The maximum atomic E-state index is 12.6. The standard InChI is InChI=1S/C17H22N4O2/c1-13-5-3-4-6-15(13)17(22)21-11-9-20(10-12-21)8-7-16-19-18-14(2)23-16/h3-6H,7-12H2,1-2H3. The van der Waals surface area contributed by atoms with E-state index < -0.39 is 0 Å². The molecule has 3 rings (SSSR count). The fourth-order valence-electron chi connectivity index (χ4n) is 2.85. The van der Waals surface area contributed by atoms with Crippen LogP contribution in [0.5, 0.6) is 0 Å². The zero-order valence-electron chi connectivity index (χ0n) is 13.7. The summed E-state index contributed by atoms with van der Waals surface area (Å²) in [7, 11) is 0. The molecule has 1 saturated heterocycles. The van der Waals surface area contributed by atoms with Crippen molar-refractivity contribution in [1.82, 2.24) is 20.0 Å². The lowest BCUT2D eigenvalue weighted by Crippen LogP contribution is -2.49. The summed E-state index contributed by atoms with van der Waals surface area (Å²) < 4.78 is 5.39. The van der Waals surface area contributed by atoms with Gasteiger partial charge in [0.2, 0.25) is 11.8 Å². The topological polar surface area (TPSA) is 62.5 Å². The number of hydrogen-bond acceptors (Lipinski definition) is 5. The molecule has 2 aromatic rings. The second-order valence-electron chi connectivity index (χ2n) is 5.91. The number of carbonyl (C=O) groups is 1. The highest BCUT2D eigenvalue weighted by molar-refractivity contribution is 5.95. The molecule has 122 valence electrons. The Hall–Kier alpha value is -2.21. The third-order valence-corrected chi connectivity index (χ3v) is 4.24. The van der Waals surface area contributed by atoms with Crippen molar-refractivity contribution in [2.24, 2.45) is 0 Å². The maximum Gasteiger partial charge on any atom is 0.254 e. The van der Waals surface area contributed by atoms with Crippen molar-refractivity contribution in [3.05, 3.63) is 47.2 Å². The van der Waals surface area contributed by atoms with Crippen molar-refractivity contribution in [3.63, 3.8) is 0 Å². The molecular weight excluding hydrogens is 292 g/mol. The lowest BCUT2D eigenvalue weighted by atomic mass is 10.1. The summed E-state index contributed by atoms with van der Waals surface area (Å²) >= 11 is 0. The minimum atomic E-state index is 0.135. The molecule has 23 heavy (non-hydrogen) atoms. The Balaban J connectivity index is 1.50. The smallest absolute Gasteiger partial charge is 0.254 e. The van der Waals surface area contributed by atoms with E-state index in [0.717, 1.165) is 50.3 Å². The van der Waals surface area contributed by atoms with Crippen LogP contribution in [0.3, 0.4) is 0 Å². The van der Waals surface area contributed by atoms with Crippen LogP contribution in [0.4, 0.5) is 0 Å². The molecule has 1 aliphatic rings. The van der Waals surface area contributed by atoms with Gasteiger partial charge in [0.15, 0.2) is 0 Å². The van der Waals surface area contributed by atoms with Crippen molar-refractivity contribution < 1.29 is 9.21 Å². The molecule has 1 aliphatic heterocycles. The van der Waals surface area contributed by atoms with Crippen LogP contribution >= 0.6 is 0 Å². The Morgan fingerprint density at radius 2 is 1.87 bits per heavy atom. The van der Waals surface area contributed by atoms with E-state index in [4.69, 9.17) is 4.42 Å². The minimum Gasteiger partial charge on any atom is -0.426 e. The number of amides is 1. The van der Waals surface area contributed by atoms with Gasteiger partial charge in [0.05, 0.1) is 0 Å². The third kappa shape index (κ3) is 3.76. The van der Waals surface area contributed by atoms with Crippen LogP contribution in [-0.4, -0.2) is 58.6 Å². The predicted octanol–water partition coefficient (Wildman–Crippen LogP) is 1.69. The van der Waals surface area contributed by atoms with E-state index >= 15 is 0 Å². The molecule has 1 fully saturated rings. The van der Waals surface area contributed by atoms with Gasteiger partial charge in [-0.15, -0.1) is 10.2 Å². The second-order valence-corrected chi connectivity index (χ2v) is 5.91. The summed E-state index contributed by atoms with van der Waals surface area (Å²) in [4.78, 5) is 16.9. The summed E-state index contributed by atoms with van der Waals surface area (Å²) in [5.74, 6) is 1.42. The fourth-order valence-corrected chi connectivity index (χ4v) is 2.85. The highest BCUT2D eigenvalue weighted by Crippen LogP contribution is 2.13. The molecular formula is C17H22N4O2. The number of nitrogens with zero attached hydrogens (tertiary/aromatic N) is 4. The zero-order valence-corrected chi connectivity index (χ0v) is 13.7. The van der Waals surface area contributed by atoms with Crippen molar-refractivity contribution >= 4 is 5.91 Å². The van der Waals surface area contributed by atoms with Gasteiger partial charge in [0, 0.05) is 51.6 Å². The van der Waals surface area contributed by atoms with Gasteiger partial charge < -0.3 is 9.32 Å². The van der Waals surface area contributed by atoms with Crippen molar-refractivity contribution in [3.8, 4) is 0 Å². The largest absolute Gasteiger partial charge is 0.426 e. The van der Waals surface area contributed by atoms with Crippen LogP contribution in [0.2, 0.25) is 0 Å². The van der Waals surface area contributed by atoms with Crippen LogP contribution in [0.25, 0.3) is 0 Å². The number of rotatable bonds is 4. The molecule has 0 aliphatic carbocycles. The Morgan fingerprint density at radius 3 is 2.52 bits per heavy atom. The SMILES string of the molecule is Cc1nnc(CCN2CCN(C(=O)c3ccccc3C)CC2)o1. The molecule has 0 radical (unpaired) electrons. The first-order valence-corrected chi connectivity index (χ1v) is 8.00. The highest BCUT2D eigenvalue weighted by atomic mass is 16.4. The normalized spacial score (nSPS) is 15.8. The predicted molar refractivity (Wildman–Crippen MR) is 86.3 cm³/mol. The van der Waals surface area contributed by atoms with Gasteiger partial charge in [-0.1, -0.05) is 18.2 Å². The van der Waals surface area contributed by atoms with Crippen LogP contribution in [0.1, 0.15) is 27.7 Å². The number of hydrogen-bond donors (Lipinski definition) is 0. The average Bonchev–Trinajstić information content (AvgIpc) is 2.99. The van der Waals surface area contributed by atoms with E-state index in [1.165, 1.54) is 0 Å². The van der Waals surface area contributed by atoms with E-state index in [1.54, 1.807) is 6.92 Å². The van der Waals surface area contributed by atoms with Gasteiger partial charge in [-0.2, -0.15) is 0 Å². The third-order valence-electron chi connectivity index (χ3n) is 4.24. The van der Waals surface area contributed by atoms with E-state index in [-0.39, 0.29) is 5.91 Å². The Kier molecular flexibility index (Phi) is 4.71. The average molecular weight is 314 g/mol. The lowest BCUT2D eigenvalue weighted by molar-refractivity contribution is 0.0635. The van der Waals surface area contributed by atoms with Crippen LogP contribution in [0, 0.1) is 13.8 Å². The highest BCUT2D eigenvalue weighted by Gasteiger charge is 2.23. The van der Waals surface area contributed by atoms with Crippen LogP contribution < -0.4 is 0 Å². The number of carbonyl (C=O) groups excluding carboxylic acids is 1. The van der Waals surface area contributed by atoms with Gasteiger partial charge in [0.25, 0.3) is 5.91 Å². The molecule has 0 N–H and O–H groups in total. The fraction of sp³-hybridized carbons (Fsp3) is 0.471. The van der Waals surface area contributed by atoms with E-state index in [9.17, 15) is 4.79 Å². The number of aromatic nitrogens is 2. The van der Waals surface area contributed by atoms with E-state index in [1.807, 2.05) is 36.1 Å². The molecule has 0 spiro atoms. The quantitative estimate of drug-likeness (QED) is 0.859. The van der Waals surface area contributed by atoms with Crippen LogP contribution in [0.15, 0.2) is 28.7 Å². The number of aryl methyl sites for hydroxylation is 2. The Labute approximate surface area is 136 Å². The molecule has 1 aromatic heterocycles. The van der Waals surface area contributed by atoms with Gasteiger partial charge in [-0.05, 0) is 18.6 Å². The first-order chi connectivity index (χ1) is 11.1. The molecule has 2 heterocycles. The second kappa shape index (κ2) is 6.91. The summed E-state index contributed by atoms with van der Waals surface area (Å²) in [6, 6.07) is 7.77. The maximum absolute atomic E-state index is 12.6. The van der Waals surface area contributed by atoms with Gasteiger partial charge in [0.1, 0.15) is 0 Å². The molecule has 6 heteroatoms. The summed E-state index contributed by atoms with van der Waals surface area (Å²) in [5.41, 5.74) is 1.84. The molecule has 0 atom stereocenters. The number of piperazine rings is 1.